The highest BCUT2D eigenvalue weighted by Gasteiger charge is 2.45. The molecule has 1 amide bonds. The van der Waals surface area contributed by atoms with Crippen LogP contribution >= 0.6 is 0 Å². The quantitative estimate of drug-likeness (QED) is 0.342. The van der Waals surface area contributed by atoms with Gasteiger partial charge in [0.25, 0.3) is 0 Å². The van der Waals surface area contributed by atoms with E-state index in [0.29, 0.717) is 0 Å². The summed E-state index contributed by atoms with van der Waals surface area (Å²) in [5.74, 6) is -2.00. The molecule has 1 N–H and O–H groups in total. The molecular weight excluding hydrogens is 371 g/mol. The molecule has 9 heteroatoms. The Morgan fingerprint density at radius 3 is 2.21 bits per heavy atom. The fourth-order valence-electron chi connectivity index (χ4n) is 2.45. The summed E-state index contributed by atoms with van der Waals surface area (Å²) in [4.78, 5) is 40.9. The van der Waals surface area contributed by atoms with Crippen LogP contribution in [0.1, 0.15) is 54.4 Å². The van der Waals surface area contributed by atoms with Crippen LogP contribution in [0.3, 0.4) is 0 Å². The predicted octanol–water partition coefficient (Wildman–Crippen LogP) is 3.31. The number of carbonyl (C=O) groups excluding carboxylic acids is 3. The van der Waals surface area contributed by atoms with E-state index in [0.717, 1.165) is 6.08 Å². The van der Waals surface area contributed by atoms with Crippen molar-refractivity contribution in [2.75, 3.05) is 20.3 Å². The number of amides is 1. The Hall–Kier alpha value is -2.45. The minimum Gasteiger partial charge on any atom is -0.461 e. The maximum absolute atomic E-state index is 14.6. The number of allylic oxidation sites excluding steroid dienone is 1. The third-order valence-electron chi connectivity index (χ3n) is 3.82. The second kappa shape index (κ2) is 11.4. The Balaban J connectivity index is 5.47. The summed E-state index contributed by atoms with van der Waals surface area (Å²) >= 11 is 0. The third-order valence-corrected chi connectivity index (χ3v) is 3.82. The van der Waals surface area contributed by atoms with Crippen LogP contribution in [0.5, 0.6) is 0 Å². The molecule has 0 aromatic rings. The average Bonchev–Trinajstić information content (AvgIpc) is 2.56. The summed E-state index contributed by atoms with van der Waals surface area (Å²) in [6.07, 6.45) is 0.0882. The second-order valence-electron chi connectivity index (χ2n) is 7.05. The van der Waals surface area contributed by atoms with E-state index in [1.807, 2.05) is 0 Å². The standard InChI is InChI=1S/C19H31FN2O6/c1-8-19(13(3)23,15(22-26-7)16(24)27-9-2)12-14(20)10-11-21-17(25)28-18(4,5)6/h10H,8-9,11-12H2,1-7H3,(H,21,25)/b14-10-,22-15+. The molecule has 0 radical (unpaired) electrons. The van der Waals surface area contributed by atoms with E-state index in [1.165, 1.54) is 14.0 Å². The summed E-state index contributed by atoms with van der Waals surface area (Å²) in [6.45, 7) is 9.53. The highest BCUT2D eigenvalue weighted by Crippen LogP contribution is 2.34. The van der Waals surface area contributed by atoms with Gasteiger partial charge >= 0.3 is 12.1 Å². The first-order chi connectivity index (χ1) is 12.9. The predicted molar refractivity (Wildman–Crippen MR) is 103 cm³/mol. The third kappa shape index (κ3) is 8.06. The fourth-order valence-corrected chi connectivity index (χ4v) is 2.45. The highest BCUT2D eigenvalue weighted by atomic mass is 19.1. The molecule has 0 aromatic carbocycles. The minimum atomic E-state index is -1.55. The molecule has 0 fully saturated rings. The zero-order valence-electron chi connectivity index (χ0n) is 17.7. The molecular formula is C19H31FN2O6. The molecule has 28 heavy (non-hydrogen) atoms. The van der Waals surface area contributed by atoms with Crippen LogP contribution in [-0.4, -0.2) is 49.4 Å². The average molecular weight is 402 g/mol. The molecule has 0 heterocycles. The van der Waals surface area contributed by atoms with Gasteiger partial charge in [-0.3, -0.25) is 4.79 Å². The summed E-state index contributed by atoms with van der Waals surface area (Å²) in [5.41, 5.74) is -2.52. The lowest BCUT2D eigenvalue weighted by atomic mass is 9.73. The van der Waals surface area contributed by atoms with E-state index in [4.69, 9.17) is 9.47 Å². The molecule has 0 aliphatic carbocycles. The second-order valence-corrected chi connectivity index (χ2v) is 7.05. The van der Waals surface area contributed by atoms with Crippen molar-refractivity contribution in [1.29, 1.82) is 0 Å². The van der Waals surface area contributed by atoms with Gasteiger partial charge in [0.1, 0.15) is 18.5 Å². The van der Waals surface area contributed by atoms with Crippen LogP contribution < -0.4 is 5.32 Å². The number of oxime groups is 1. The lowest BCUT2D eigenvalue weighted by molar-refractivity contribution is -0.137. The smallest absolute Gasteiger partial charge is 0.407 e. The normalized spacial score (nSPS) is 14.7. The topological polar surface area (TPSA) is 103 Å². The van der Waals surface area contributed by atoms with Crippen LogP contribution in [0.2, 0.25) is 0 Å². The number of nitrogens with zero attached hydrogens (tertiary/aromatic N) is 1. The van der Waals surface area contributed by atoms with Crippen LogP contribution in [-0.2, 0) is 23.9 Å². The van der Waals surface area contributed by atoms with Gasteiger partial charge in [0.2, 0.25) is 0 Å². The molecule has 0 saturated heterocycles. The van der Waals surface area contributed by atoms with Crippen LogP contribution in [0.4, 0.5) is 9.18 Å². The minimum absolute atomic E-state index is 0.0669. The zero-order valence-corrected chi connectivity index (χ0v) is 17.7. The van der Waals surface area contributed by atoms with Gasteiger partial charge in [-0.1, -0.05) is 12.1 Å². The Morgan fingerprint density at radius 2 is 1.79 bits per heavy atom. The van der Waals surface area contributed by atoms with Crippen molar-refractivity contribution in [3.05, 3.63) is 11.9 Å². The summed E-state index contributed by atoms with van der Waals surface area (Å²) in [7, 11) is 1.22. The Morgan fingerprint density at radius 1 is 1.18 bits per heavy atom. The SMILES string of the molecule is CCOC(=O)/C(=N\OC)C(CC)(C/C(F)=C/CNC(=O)OC(C)(C)C)C(C)=O. The van der Waals surface area contributed by atoms with Gasteiger partial charge < -0.3 is 19.6 Å². The summed E-state index contributed by atoms with van der Waals surface area (Å²) < 4.78 is 24.5. The van der Waals surface area contributed by atoms with Gasteiger partial charge in [-0.05, 0) is 47.1 Å². The van der Waals surface area contributed by atoms with E-state index in [1.54, 1.807) is 34.6 Å². The maximum atomic E-state index is 14.6. The first-order valence-electron chi connectivity index (χ1n) is 9.04. The summed E-state index contributed by atoms with van der Waals surface area (Å²) in [6, 6.07) is 0. The molecule has 0 saturated carbocycles. The number of hydrogen-bond donors (Lipinski definition) is 1. The van der Waals surface area contributed by atoms with E-state index in [9.17, 15) is 18.8 Å². The van der Waals surface area contributed by atoms with Crippen molar-refractivity contribution in [2.24, 2.45) is 10.6 Å². The number of alkyl carbamates (subject to hydrolysis) is 1. The number of esters is 1. The molecule has 0 aliphatic rings. The lowest BCUT2D eigenvalue weighted by Gasteiger charge is -2.29. The van der Waals surface area contributed by atoms with E-state index >= 15 is 0 Å². The molecule has 8 nitrogen and oxygen atoms in total. The zero-order chi connectivity index (χ0) is 22.0. The van der Waals surface area contributed by atoms with Crippen molar-refractivity contribution in [3.63, 3.8) is 0 Å². The largest absolute Gasteiger partial charge is 0.461 e. The van der Waals surface area contributed by atoms with Gasteiger partial charge in [-0.25, -0.2) is 14.0 Å². The lowest BCUT2D eigenvalue weighted by Crippen LogP contribution is -2.43. The van der Waals surface area contributed by atoms with Crippen molar-refractivity contribution < 1.29 is 33.1 Å². The molecule has 1 unspecified atom stereocenters. The van der Waals surface area contributed by atoms with Gasteiger partial charge in [-0.15, -0.1) is 0 Å². The highest BCUT2D eigenvalue weighted by molar-refractivity contribution is 6.42. The monoisotopic (exact) mass is 402 g/mol. The van der Waals surface area contributed by atoms with E-state index in [2.05, 4.69) is 15.3 Å². The van der Waals surface area contributed by atoms with Crippen molar-refractivity contribution >= 4 is 23.6 Å². The maximum Gasteiger partial charge on any atom is 0.407 e. The molecule has 0 spiro atoms. The first-order valence-corrected chi connectivity index (χ1v) is 9.04. The van der Waals surface area contributed by atoms with Crippen molar-refractivity contribution in [1.82, 2.24) is 5.32 Å². The van der Waals surface area contributed by atoms with Crippen LogP contribution in [0.15, 0.2) is 17.1 Å². The molecule has 160 valence electrons. The number of ether oxygens (including phenoxy) is 2. The number of hydrogen-bond acceptors (Lipinski definition) is 7. The van der Waals surface area contributed by atoms with Crippen molar-refractivity contribution in [3.8, 4) is 0 Å². The van der Waals surface area contributed by atoms with Crippen LogP contribution in [0, 0.1) is 5.41 Å². The fraction of sp³-hybridized carbons (Fsp3) is 0.684. The number of halogens is 1. The Labute approximate surface area is 165 Å². The molecule has 1 atom stereocenters. The van der Waals surface area contributed by atoms with E-state index in [-0.39, 0.29) is 25.3 Å². The number of nitrogens with one attached hydrogen (secondary N) is 1. The first kappa shape index (κ1) is 25.6. The molecule has 0 bridgehead atoms. The van der Waals surface area contributed by atoms with Gasteiger partial charge in [0.15, 0.2) is 5.71 Å². The molecule has 0 aliphatic heterocycles. The number of Topliss-reactive ketones (excluding diaryl/α,β-unsaturated/α-hetero) is 1. The van der Waals surface area contributed by atoms with Crippen molar-refractivity contribution in [2.45, 2.75) is 60.0 Å². The Bertz CT molecular complexity index is 624. The van der Waals surface area contributed by atoms with Gasteiger partial charge in [0.05, 0.1) is 17.8 Å². The van der Waals surface area contributed by atoms with E-state index < -0.39 is 41.1 Å². The van der Waals surface area contributed by atoms with Gasteiger partial charge in [0, 0.05) is 13.0 Å². The molecule has 0 aromatic heterocycles. The number of rotatable bonds is 10. The van der Waals surface area contributed by atoms with Crippen LogP contribution in [0.25, 0.3) is 0 Å². The Kier molecular flexibility index (Phi) is 10.4. The summed E-state index contributed by atoms with van der Waals surface area (Å²) in [5, 5.41) is 6.04. The van der Waals surface area contributed by atoms with Gasteiger partial charge in [-0.2, -0.15) is 0 Å². The number of ketones is 1. The number of carbonyl (C=O) groups is 3. The molecule has 0 rings (SSSR count).